The number of rotatable bonds is 57. The first-order valence-electron chi connectivity index (χ1n) is 26.2. The summed E-state index contributed by atoms with van der Waals surface area (Å²) in [5.41, 5.74) is -6.85. The first kappa shape index (κ1) is 75.4. The summed E-state index contributed by atoms with van der Waals surface area (Å²) in [5.74, 6) is -0.647. The molecule has 0 spiro atoms. The summed E-state index contributed by atoms with van der Waals surface area (Å²) in [6.07, 6.45) is 3.15. The summed E-state index contributed by atoms with van der Waals surface area (Å²) < 4.78 is 5.44. The van der Waals surface area contributed by atoms with Gasteiger partial charge >= 0.3 is 5.97 Å². The minimum Gasteiger partial charge on any atom is -0.465 e. The van der Waals surface area contributed by atoms with Crippen molar-refractivity contribution in [3.63, 3.8) is 0 Å². The standard InChI is InChI=1S/C49H98O28/c1-43(31-54,18-24-53)12-9-25-63-68-37-44(2,11-7-21-50)14-16-49(17-15-45(3,32-55)36-62-41(60)10-23-52,19-26-65-76-47(5,34-57)30-42(73-61)74-70-39-59)20-27-66-77-48(6,35-58)38-69-72-40-71-64-28-29-67-75-46(4,33-56)13-8-22-51/h42,50-59,61H,7-40H2,1-6H3/t42?,43-,44+,45+,46?,47+,48-,49?/m1/s1. The molecule has 0 saturated carbocycles. The van der Waals surface area contributed by atoms with E-state index in [4.69, 9.17) is 78.5 Å². The number of hydrogen-bond donors (Lipinski definition) is 11. The maximum absolute atomic E-state index is 12.3. The molecule has 0 aliphatic carbocycles. The Morgan fingerprint density at radius 3 is 1.52 bits per heavy atom. The van der Waals surface area contributed by atoms with Crippen molar-refractivity contribution in [2.45, 2.75) is 161 Å². The average Bonchev–Trinajstić information content (AvgIpc) is 3.43. The molecule has 0 aromatic carbocycles. The average molecular weight is 1140 g/mol. The van der Waals surface area contributed by atoms with Crippen molar-refractivity contribution < 1.29 is 139 Å². The molecule has 0 aliphatic heterocycles. The summed E-state index contributed by atoms with van der Waals surface area (Å²) in [5, 5.41) is 107. The Morgan fingerprint density at radius 1 is 0.416 bits per heavy atom. The molecule has 77 heavy (non-hydrogen) atoms. The van der Waals surface area contributed by atoms with Gasteiger partial charge in [-0.3, -0.25) is 4.79 Å². The molecule has 0 saturated heterocycles. The van der Waals surface area contributed by atoms with Gasteiger partial charge < -0.3 is 55.8 Å². The summed E-state index contributed by atoms with van der Waals surface area (Å²) in [4.78, 5) is 90.4. The van der Waals surface area contributed by atoms with E-state index in [9.17, 15) is 50.9 Å². The van der Waals surface area contributed by atoms with Gasteiger partial charge in [0.15, 0.2) is 6.79 Å². The Kier molecular flexibility index (Phi) is 42.3. The van der Waals surface area contributed by atoms with Crippen molar-refractivity contribution in [2.75, 3.05) is 126 Å². The van der Waals surface area contributed by atoms with Gasteiger partial charge in [0.05, 0.1) is 72.5 Å². The molecule has 0 aliphatic rings. The minimum atomic E-state index is -1.54. The van der Waals surface area contributed by atoms with Crippen LogP contribution in [0.3, 0.4) is 0 Å². The number of aliphatic hydroxyl groups is 10. The number of hydrogen-bond acceptors (Lipinski definition) is 28. The lowest BCUT2D eigenvalue weighted by atomic mass is 9.67. The fourth-order valence-corrected chi connectivity index (χ4v) is 7.45. The molecule has 0 rings (SSSR count). The molecule has 28 nitrogen and oxygen atoms in total. The molecule has 11 N–H and O–H groups in total. The quantitative estimate of drug-likeness (QED) is 0.0136. The van der Waals surface area contributed by atoms with Crippen LogP contribution in [0.4, 0.5) is 0 Å². The third-order valence-electron chi connectivity index (χ3n) is 13.2. The Balaban J connectivity index is 6.44. The maximum Gasteiger partial charge on any atom is 0.308 e. The Hall–Kier alpha value is -1.57. The SMILES string of the molecule is CC(CO)(CCCO)OOCCOOCOOC[C@@](C)(CO)OOCCC(CCOO[C@](C)(CO)CC(OO)OOCO)(CC[C@](C)(CCCO)COOCCC[C@@](C)(CO)CCO)CC[C@@](C)(CO)COC(=O)CCO. The monoisotopic (exact) mass is 1130 g/mol. The van der Waals surface area contributed by atoms with E-state index >= 15 is 0 Å². The highest BCUT2D eigenvalue weighted by Gasteiger charge is 2.39. The van der Waals surface area contributed by atoms with Crippen LogP contribution in [0.15, 0.2) is 0 Å². The predicted molar refractivity (Wildman–Crippen MR) is 265 cm³/mol. The molecule has 0 heterocycles. The van der Waals surface area contributed by atoms with Gasteiger partial charge in [-0.05, 0) is 120 Å². The van der Waals surface area contributed by atoms with Gasteiger partial charge in [0.1, 0.15) is 36.6 Å². The van der Waals surface area contributed by atoms with E-state index in [0.717, 1.165) is 0 Å². The lowest BCUT2D eigenvalue weighted by Gasteiger charge is -2.40. The van der Waals surface area contributed by atoms with Crippen molar-refractivity contribution in [3.8, 4) is 0 Å². The van der Waals surface area contributed by atoms with Crippen LogP contribution in [0.2, 0.25) is 0 Å². The normalized spacial score (nSPS) is 18.1. The topological polar surface area (TPSA) is 387 Å². The van der Waals surface area contributed by atoms with Crippen molar-refractivity contribution in [1.29, 1.82) is 0 Å². The summed E-state index contributed by atoms with van der Waals surface area (Å²) in [7, 11) is 0. The van der Waals surface area contributed by atoms with E-state index in [2.05, 4.69) is 9.78 Å². The van der Waals surface area contributed by atoms with Gasteiger partial charge in [-0.1, -0.05) is 20.8 Å². The zero-order valence-electron chi connectivity index (χ0n) is 46.5. The molecule has 0 aromatic heterocycles. The summed E-state index contributed by atoms with van der Waals surface area (Å²) >= 11 is 0. The van der Waals surface area contributed by atoms with Gasteiger partial charge in [-0.2, -0.15) is 4.89 Å². The van der Waals surface area contributed by atoms with Crippen molar-refractivity contribution >= 4 is 5.97 Å². The first-order valence-corrected chi connectivity index (χ1v) is 26.2. The zero-order chi connectivity index (χ0) is 58.0. The zero-order valence-corrected chi connectivity index (χ0v) is 46.5. The molecule has 462 valence electrons. The molecule has 0 bridgehead atoms. The highest BCUT2D eigenvalue weighted by molar-refractivity contribution is 5.69. The molecular weight excluding hydrogens is 1040 g/mol. The predicted octanol–water partition coefficient (Wildman–Crippen LogP) is 1.95. The lowest BCUT2D eigenvalue weighted by Crippen LogP contribution is -2.40. The second-order valence-electron chi connectivity index (χ2n) is 21.3. The van der Waals surface area contributed by atoms with Crippen molar-refractivity contribution in [2.24, 2.45) is 21.7 Å². The Morgan fingerprint density at radius 2 is 0.948 bits per heavy atom. The van der Waals surface area contributed by atoms with Crippen LogP contribution in [0.25, 0.3) is 0 Å². The lowest BCUT2D eigenvalue weighted by molar-refractivity contribution is -0.473. The molecule has 3 unspecified atom stereocenters. The van der Waals surface area contributed by atoms with Gasteiger partial charge in [0, 0.05) is 38.3 Å². The van der Waals surface area contributed by atoms with Crippen LogP contribution >= 0.6 is 0 Å². The van der Waals surface area contributed by atoms with Crippen LogP contribution in [0.1, 0.15) is 138 Å². The molecule has 0 radical (unpaired) electrons. The van der Waals surface area contributed by atoms with E-state index in [1.807, 2.05) is 13.8 Å². The van der Waals surface area contributed by atoms with Gasteiger partial charge in [0.25, 0.3) is 0 Å². The highest BCUT2D eigenvalue weighted by atomic mass is 17.3. The van der Waals surface area contributed by atoms with Crippen LogP contribution < -0.4 is 0 Å². The number of ether oxygens (including phenoxy) is 1. The third kappa shape index (κ3) is 35.1. The van der Waals surface area contributed by atoms with Crippen LogP contribution in [-0.2, 0) is 82.8 Å². The molecular formula is C49H98O28. The Bertz CT molecular complexity index is 1410. The van der Waals surface area contributed by atoms with Crippen LogP contribution in [-0.4, -0.2) is 211 Å². The van der Waals surface area contributed by atoms with E-state index in [1.54, 1.807) is 13.8 Å². The number of carbonyl (C=O) groups excluding carboxylic acids is 1. The fraction of sp³-hybridized carbons (Fsp3) is 0.980. The highest BCUT2D eigenvalue weighted by Crippen LogP contribution is 2.45. The minimum absolute atomic E-state index is 0.0622. The Labute approximate surface area is 452 Å². The molecule has 0 aromatic rings. The van der Waals surface area contributed by atoms with Gasteiger partial charge in [-0.15, -0.1) is 0 Å². The van der Waals surface area contributed by atoms with E-state index in [1.165, 1.54) is 13.8 Å². The van der Waals surface area contributed by atoms with Gasteiger partial charge in [-0.25, -0.2) is 73.7 Å². The first-order chi connectivity index (χ1) is 36.7. The number of esters is 1. The second kappa shape index (κ2) is 43.2. The molecule has 8 atom stereocenters. The van der Waals surface area contributed by atoms with E-state index < -0.39 is 84.1 Å². The molecule has 0 fully saturated rings. The van der Waals surface area contributed by atoms with Gasteiger partial charge in [0.2, 0.25) is 13.1 Å². The largest absolute Gasteiger partial charge is 0.465 e. The van der Waals surface area contributed by atoms with E-state index in [0.29, 0.717) is 64.2 Å². The maximum atomic E-state index is 12.3. The molecule has 0 amide bonds. The van der Waals surface area contributed by atoms with Crippen LogP contribution in [0.5, 0.6) is 0 Å². The van der Waals surface area contributed by atoms with Crippen molar-refractivity contribution in [1.82, 2.24) is 0 Å². The second-order valence-corrected chi connectivity index (χ2v) is 21.3. The number of aliphatic hydroxyl groups excluding tert-OH is 10. The molecule has 28 heteroatoms. The summed E-state index contributed by atoms with van der Waals surface area (Å²) in [6.45, 7) is 5.58. The fourth-order valence-electron chi connectivity index (χ4n) is 7.45. The smallest absolute Gasteiger partial charge is 0.308 e. The third-order valence-corrected chi connectivity index (χ3v) is 13.2. The van der Waals surface area contributed by atoms with E-state index in [-0.39, 0.29) is 125 Å². The van der Waals surface area contributed by atoms with Crippen LogP contribution in [0, 0.1) is 21.7 Å². The van der Waals surface area contributed by atoms with Crippen molar-refractivity contribution in [3.05, 3.63) is 0 Å². The summed E-state index contributed by atoms with van der Waals surface area (Å²) in [6, 6.07) is 0. The number of carbonyl (C=O) groups is 1.